The van der Waals surface area contributed by atoms with Gasteiger partial charge < -0.3 is 25.4 Å². The lowest BCUT2D eigenvalue weighted by Gasteiger charge is -2.25. The molecule has 3 amide bonds. The van der Waals surface area contributed by atoms with Crippen LogP contribution in [0.15, 0.2) is 59.8 Å². The molecule has 0 radical (unpaired) electrons. The summed E-state index contributed by atoms with van der Waals surface area (Å²) in [4.78, 5) is 26.8. The standard InChI is InChI=1S/C20H19N3O4/c1-27-15-8-2-12(3-9-15)10-23-11-16-17(19(23)25)18(22-20(26)21-16)13-4-6-14(24)7-5-13/h2-9,18,24H,10-11H2,1H3,(H2,21,22,26)/t18-/m0/s1. The highest BCUT2D eigenvalue weighted by Crippen LogP contribution is 2.33. The monoisotopic (exact) mass is 365 g/mol. The van der Waals surface area contributed by atoms with Gasteiger partial charge in [-0.05, 0) is 35.4 Å². The highest BCUT2D eigenvalue weighted by atomic mass is 16.5. The highest BCUT2D eigenvalue weighted by Gasteiger charge is 2.40. The van der Waals surface area contributed by atoms with E-state index in [9.17, 15) is 14.7 Å². The number of hydrogen-bond acceptors (Lipinski definition) is 4. The molecular weight excluding hydrogens is 346 g/mol. The maximum atomic E-state index is 13.0. The molecule has 1 atom stereocenters. The zero-order valence-electron chi connectivity index (χ0n) is 14.7. The van der Waals surface area contributed by atoms with Gasteiger partial charge in [0.2, 0.25) is 0 Å². The van der Waals surface area contributed by atoms with Crippen LogP contribution in [0.1, 0.15) is 17.2 Å². The first-order valence-corrected chi connectivity index (χ1v) is 8.57. The molecule has 0 fully saturated rings. The Morgan fingerprint density at radius 1 is 1.11 bits per heavy atom. The van der Waals surface area contributed by atoms with E-state index in [0.29, 0.717) is 24.4 Å². The van der Waals surface area contributed by atoms with Crippen molar-refractivity contribution in [2.75, 3.05) is 13.7 Å². The van der Waals surface area contributed by atoms with E-state index in [2.05, 4.69) is 10.6 Å². The summed E-state index contributed by atoms with van der Waals surface area (Å²) in [7, 11) is 1.61. The summed E-state index contributed by atoms with van der Waals surface area (Å²) in [6.45, 7) is 0.788. The number of nitrogens with one attached hydrogen (secondary N) is 2. The van der Waals surface area contributed by atoms with E-state index in [4.69, 9.17) is 4.74 Å². The molecular formula is C20H19N3O4. The lowest BCUT2D eigenvalue weighted by Crippen LogP contribution is -2.44. The summed E-state index contributed by atoms with van der Waals surface area (Å²) in [5, 5.41) is 15.0. The Labute approximate surface area is 156 Å². The normalized spacial score (nSPS) is 18.9. The Bertz CT molecular complexity index is 919. The maximum absolute atomic E-state index is 13.0. The van der Waals surface area contributed by atoms with Gasteiger partial charge in [-0.1, -0.05) is 24.3 Å². The first-order valence-electron chi connectivity index (χ1n) is 8.57. The fraction of sp³-hybridized carbons (Fsp3) is 0.200. The number of amides is 3. The largest absolute Gasteiger partial charge is 0.508 e. The van der Waals surface area contributed by atoms with Crippen molar-refractivity contribution in [3.05, 3.63) is 70.9 Å². The zero-order chi connectivity index (χ0) is 19.0. The zero-order valence-corrected chi connectivity index (χ0v) is 14.7. The van der Waals surface area contributed by atoms with E-state index >= 15 is 0 Å². The van der Waals surface area contributed by atoms with Crippen molar-refractivity contribution < 1.29 is 19.4 Å². The first kappa shape index (κ1) is 17.0. The predicted octanol–water partition coefficient (Wildman–Crippen LogP) is 2.05. The van der Waals surface area contributed by atoms with E-state index in [1.807, 2.05) is 24.3 Å². The number of methoxy groups -OCH3 is 1. The van der Waals surface area contributed by atoms with E-state index in [-0.39, 0.29) is 17.7 Å². The van der Waals surface area contributed by atoms with E-state index < -0.39 is 6.04 Å². The number of phenols is 1. The molecule has 7 nitrogen and oxygen atoms in total. The Balaban J connectivity index is 1.58. The van der Waals surface area contributed by atoms with Crippen LogP contribution in [0.5, 0.6) is 11.5 Å². The first-order chi connectivity index (χ1) is 13.0. The third-order valence-corrected chi connectivity index (χ3v) is 4.78. The summed E-state index contributed by atoms with van der Waals surface area (Å²) >= 11 is 0. The number of hydrogen-bond donors (Lipinski definition) is 3. The molecule has 2 aliphatic rings. The third-order valence-electron chi connectivity index (χ3n) is 4.78. The van der Waals surface area contributed by atoms with Gasteiger partial charge in [-0.15, -0.1) is 0 Å². The number of ether oxygens (including phenoxy) is 1. The van der Waals surface area contributed by atoms with Crippen LogP contribution in [-0.4, -0.2) is 35.6 Å². The number of benzene rings is 2. The fourth-order valence-electron chi connectivity index (χ4n) is 3.42. The quantitative estimate of drug-likeness (QED) is 0.773. The highest BCUT2D eigenvalue weighted by molar-refractivity contribution is 6.01. The third kappa shape index (κ3) is 3.19. The van der Waals surface area contributed by atoms with Gasteiger partial charge in [0.25, 0.3) is 5.91 Å². The minimum atomic E-state index is -0.539. The van der Waals surface area contributed by atoms with Crippen molar-refractivity contribution in [2.45, 2.75) is 12.6 Å². The van der Waals surface area contributed by atoms with Crippen molar-refractivity contribution in [1.82, 2.24) is 15.5 Å². The molecule has 0 spiro atoms. The van der Waals surface area contributed by atoms with Crippen LogP contribution in [0.4, 0.5) is 4.79 Å². The SMILES string of the molecule is COc1ccc(CN2CC3=C(C2=O)[C@H](c2ccc(O)cc2)NC(=O)N3)cc1. The van der Waals surface area contributed by atoms with E-state index in [0.717, 1.165) is 16.9 Å². The molecule has 0 bridgehead atoms. The topological polar surface area (TPSA) is 90.9 Å². The number of aromatic hydroxyl groups is 1. The van der Waals surface area contributed by atoms with Crippen LogP contribution < -0.4 is 15.4 Å². The Kier molecular flexibility index (Phi) is 4.19. The Morgan fingerprint density at radius 3 is 2.48 bits per heavy atom. The van der Waals surface area contributed by atoms with Crippen molar-refractivity contribution in [3.8, 4) is 11.5 Å². The second kappa shape index (κ2) is 6.68. The average Bonchev–Trinajstić information content (AvgIpc) is 2.97. The van der Waals surface area contributed by atoms with Crippen LogP contribution in [0, 0.1) is 0 Å². The van der Waals surface area contributed by atoms with Gasteiger partial charge in [0.1, 0.15) is 11.5 Å². The van der Waals surface area contributed by atoms with Crippen LogP contribution in [0.3, 0.4) is 0 Å². The van der Waals surface area contributed by atoms with Crippen LogP contribution in [0.2, 0.25) is 0 Å². The molecule has 0 aliphatic carbocycles. The van der Waals surface area contributed by atoms with Crippen molar-refractivity contribution >= 4 is 11.9 Å². The van der Waals surface area contributed by atoms with Crippen LogP contribution in [-0.2, 0) is 11.3 Å². The molecule has 3 N–H and O–H groups in total. The second-order valence-corrected chi connectivity index (χ2v) is 6.52. The summed E-state index contributed by atoms with van der Waals surface area (Å²) in [5.74, 6) is 0.770. The Morgan fingerprint density at radius 2 is 1.81 bits per heavy atom. The van der Waals surface area contributed by atoms with Gasteiger partial charge in [-0.3, -0.25) is 4.79 Å². The molecule has 0 saturated carbocycles. The van der Waals surface area contributed by atoms with E-state index in [1.165, 1.54) is 12.1 Å². The van der Waals surface area contributed by atoms with Crippen molar-refractivity contribution in [2.24, 2.45) is 0 Å². The molecule has 0 saturated heterocycles. The summed E-state index contributed by atoms with van der Waals surface area (Å²) < 4.78 is 5.16. The maximum Gasteiger partial charge on any atom is 0.319 e. The number of urea groups is 1. The number of nitrogens with zero attached hydrogens (tertiary/aromatic N) is 1. The minimum absolute atomic E-state index is 0.119. The lowest BCUT2D eigenvalue weighted by molar-refractivity contribution is -0.126. The molecule has 0 aromatic heterocycles. The lowest BCUT2D eigenvalue weighted by atomic mass is 9.96. The van der Waals surface area contributed by atoms with Crippen molar-refractivity contribution in [1.29, 1.82) is 0 Å². The number of carbonyl (C=O) groups excluding carboxylic acids is 2. The molecule has 27 heavy (non-hydrogen) atoms. The molecule has 2 heterocycles. The molecule has 7 heteroatoms. The van der Waals surface area contributed by atoms with Crippen LogP contribution in [0.25, 0.3) is 0 Å². The molecule has 0 unspecified atom stereocenters. The number of phenolic OH excluding ortho intramolecular Hbond substituents is 1. The average molecular weight is 365 g/mol. The summed E-state index contributed by atoms with van der Waals surface area (Å²) in [6.07, 6.45) is 0. The van der Waals surface area contributed by atoms with Gasteiger partial charge >= 0.3 is 6.03 Å². The van der Waals surface area contributed by atoms with Crippen LogP contribution >= 0.6 is 0 Å². The fourth-order valence-corrected chi connectivity index (χ4v) is 3.42. The molecule has 2 aliphatic heterocycles. The number of rotatable bonds is 4. The van der Waals surface area contributed by atoms with Gasteiger partial charge in [0, 0.05) is 6.54 Å². The van der Waals surface area contributed by atoms with Crippen molar-refractivity contribution in [3.63, 3.8) is 0 Å². The minimum Gasteiger partial charge on any atom is -0.508 e. The molecule has 2 aromatic carbocycles. The smallest absolute Gasteiger partial charge is 0.319 e. The second-order valence-electron chi connectivity index (χ2n) is 6.52. The van der Waals surface area contributed by atoms with Gasteiger partial charge in [-0.25, -0.2) is 4.79 Å². The van der Waals surface area contributed by atoms with Gasteiger partial charge in [-0.2, -0.15) is 0 Å². The van der Waals surface area contributed by atoms with E-state index in [1.54, 1.807) is 24.1 Å². The summed E-state index contributed by atoms with van der Waals surface area (Å²) in [5.41, 5.74) is 2.88. The molecule has 138 valence electrons. The number of carbonyl (C=O) groups is 2. The Hall–Kier alpha value is -3.48. The molecule has 2 aromatic rings. The van der Waals surface area contributed by atoms with Gasteiger partial charge in [0.15, 0.2) is 0 Å². The predicted molar refractivity (Wildman–Crippen MR) is 98.0 cm³/mol. The summed E-state index contributed by atoms with van der Waals surface area (Å²) in [6, 6.07) is 13.1. The molecule has 4 rings (SSSR count). The van der Waals surface area contributed by atoms with Gasteiger partial charge in [0.05, 0.1) is 31.0 Å².